The summed E-state index contributed by atoms with van der Waals surface area (Å²) in [6.45, 7) is 6.14. The van der Waals surface area contributed by atoms with E-state index in [-0.39, 0.29) is 17.0 Å². The molecule has 1 aliphatic rings. The summed E-state index contributed by atoms with van der Waals surface area (Å²) in [7, 11) is 2.31. The van der Waals surface area contributed by atoms with Gasteiger partial charge in [-0.1, -0.05) is 24.8 Å². The van der Waals surface area contributed by atoms with E-state index in [4.69, 9.17) is 0 Å². The maximum atomic E-state index is 3.86. The standard InChI is InChI=1S/C13H18N.BrH/c1-3-10-14(2)11-6-8-12-7-4-5-9-13(12)14;/h3-5,7,9H,1,6,8,10-11H2,2H3;1H/q+1;/p-1. The van der Waals surface area contributed by atoms with Crippen LogP contribution >= 0.6 is 0 Å². The molecule has 1 nitrogen and oxygen atoms in total. The minimum Gasteiger partial charge on any atom is -1.00 e. The monoisotopic (exact) mass is 267 g/mol. The Morgan fingerprint density at radius 3 is 2.87 bits per heavy atom. The zero-order chi connectivity index (χ0) is 10.0. The lowest BCUT2D eigenvalue weighted by atomic mass is 10.00. The molecule has 2 rings (SSSR count). The molecule has 1 aromatic carbocycles. The Labute approximate surface area is 103 Å². The second-order valence-corrected chi connectivity index (χ2v) is 4.32. The van der Waals surface area contributed by atoms with E-state index in [1.807, 2.05) is 6.08 Å². The highest BCUT2D eigenvalue weighted by Gasteiger charge is 2.29. The first-order valence-electron chi connectivity index (χ1n) is 5.30. The minimum absolute atomic E-state index is 0. The van der Waals surface area contributed by atoms with Crippen molar-refractivity contribution in [2.75, 3.05) is 20.1 Å². The Balaban J connectivity index is 0.00000112. The average molecular weight is 268 g/mol. The summed E-state index contributed by atoms with van der Waals surface area (Å²) in [5.74, 6) is 0. The summed E-state index contributed by atoms with van der Waals surface area (Å²) >= 11 is 0. The van der Waals surface area contributed by atoms with Gasteiger partial charge in [-0.25, -0.2) is 0 Å². The normalized spacial score (nSPS) is 23.8. The number of quaternary nitrogens is 1. The Morgan fingerprint density at radius 1 is 1.40 bits per heavy atom. The average Bonchev–Trinajstić information content (AvgIpc) is 2.19. The van der Waals surface area contributed by atoms with E-state index in [9.17, 15) is 0 Å². The molecule has 1 atom stereocenters. The van der Waals surface area contributed by atoms with Gasteiger partial charge in [0, 0.05) is 12.0 Å². The first kappa shape index (κ1) is 12.5. The highest BCUT2D eigenvalue weighted by atomic mass is 79.9. The van der Waals surface area contributed by atoms with Crippen molar-refractivity contribution >= 4 is 5.69 Å². The number of likely N-dealkylation sites (N-methyl/N-ethyl adjacent to an activating group) is 1. The van der Waals surface area contributed by atoms with E-state index < -0.39 is 0 Å². The molecule has 1 unspecified atom stereocenters. The number of hydrogen-bond acceptors (Lipinski definition) is 0. The van der Waals surface area contributed by atoms with E-state index in [2.05, 4.69) is 37.9 Å². The third-order valence-corrected chi connectivity index (χ3v) is 3.20. The Hall–Kier alpha value is -0.600. The van der Waals surface area contributed by atoms with Crippen LogP contribution in [0.25, 0.3) is 0 Å². The molecule has 0 saturated heterocycles. The number of para-hydroxylation sites is 1. The van der Waals surface area contributed by atoms with Crippen LogP contribution in [0, 0.1) is 0 Å². The van der Waals surface area contributed by atoms with Crippen molar-refractivity contribution < 1.29 is 17.0 Å². The molecule has 82 valence electrons. The Kier molecular flexibility index (Phi) is 4.12. The van der Waals surface area contributed by atoms with Crippen molar-refractivity contribution in [1.82, 2.24) is 4.48 Å². The van der Waals surface area contributed by atoms with Crippen LogP contribution in [0.3, 0.4) is 0 Å². The van der Waals surface area contributed by atoms with Gasteiger partial charge in [0.1, 0.15) is 12.2 Å². The van der Waals surface area contributed by atoms with Crippen molar-refractivity contribution in [2.24, 2.45) is 0 Å². The number of benzene rings is 1. The van der Waals surface area contributed by atoms with Crippen LogP contribution in [0.15, 0.2) is 36.9 Å². The Bertz CT molecular complexity index is 348. The van der Waals surface area contributed by atoms with Gasteiger partial charge in [0.25, 0.3) is 0 Å². The smallest absolute Gasteiger partial charge is 0.136 e. The summed E-state index contributed by atoms with van der Waals surface area (Å²) in [6.07, 6.45) is 4.56. The predicted molar refractivity (Wildman–Crippen MR) is 62.4 cm³/mol. The lowest BCUT2D eigenvalue weighted by molar-refractivity contribution is -0.00000298. The van der Waals surface area contributed by atoms with Crippen LogP contribution < -0.4 is 21.5 Å². The topological polar surface area (TPSA) is 0 Å². The molecule has 2 heteroatoms. The van der Waals surface area contributed by atoms with Crippen LogP contribution in [0.2, 0.25) is 0 Å². The summed E-state index contributed by atoms with van der Waals surface area (Å²) in [6, 6.07) is 8.80. The number of aryl methyl sites for hydroxylation is 1. The third kappa shape index (κ3) is 2.32. The zero-order valence-corrected chi connectivity index (χ0v) is 10.8. The van der Waals surface area contributed by atoms with Gasteiger partial charge in [-0.05, 0) is 18.6 Å². The predicted octanol–water partition coefficient (Wildman–Crippen LogP) is -0.240. The minimum atomic E-state index is 0. The number of hydrogen-bond donors (Lipinski definition) is 0. The van der Waals surface area contributed by atoms with Gasteiger partial charge in [-0.15, -0.1) is 0 Å². The van der Waals surface area contributed by atoms with Gasteiger partial charge >= 0.3 is 0 Å². The molecular weight excluding hydrogens is 250 g/mol. The second-order valence-electron chi connectivity index (χ2n) is 4.32. The Morgan fingerprint density at radius 2 is 2.13 bits per heavy atom. The molecule has 0 saturated carbocycles. The van der Waals surface area contributed by atoms with Crippen molar-refractivity contribution in [3.05, 3.63) is 42.5 Å². The second kappa shape index (κ2) is 4.95. The molecule has 0 bridgehead atoms. The van der Waals surface area contributed by atoms with E-state index in [0.717, 1.165) is 11.0 Å². The van der Waals surface area contributed by atoms with Gasteiger partial charge < -0.3 is 17.0 Å². The summed E-state index contributed by atoms with van der Waals surface area (Å²) in [4.78, 5) is 0. The van der Waals surface area contributed by atoms with Gasteiger partial charge in [-0.3, -0.25) is 4.48 Å². The summed E-state index contributed by atoms with van der Waals surface area (Å²) in [5, 5.41) is 0. The molecule has 0 aliphatic carbocycles. The molecule has 0 N–H and O–H groups in total. The lowest BCUT2D eigenvalue weighted by Gasteiger charge is -2.37. The molecule has 1 aliphatic heterocycles. The van der Waals surface area contributed by atoms with Crippen LogP contribution in [0.1, 0.15) is 12.0 Å². The molecule has 0 radical (unpaired) electrons. The largest absolute Gasteiger partial charge is 1.00 e. The first-order chi connectivity index (χ1) is 6.76. The highest BCUT2D eigenvalue weighted by molar-refractivity contribution is 5.52. The van der Waals surface area contributed by atoms with Gasteiger partial charge in [0.05, 0.1) is 13.6 Å². The van der Waals surface area contributed by atoms with E-state index in [1.165, 1.54) is 30.6 Å². The summed E-state index contributed by atoms with van der Waals surface area (Å²) in [5.41, 5.74) is 3.00. The quantitative estimate of drug-likeness (QED) is 0.513. The summed E-state index contributed by atoms with van der Waals surface area (Å²) < 4.78 is 1.03. The maximum absolute atomic E-state index is 3.86. The number of fused-ring (bicyclic) bond motifs is 1. The molecule has 0 spiro atoms. The van der Waals surface area contributed by atoms with Crippen molar-refractivity contribution in [1.29, 1.82) is 0 Å². The van der Waals surface area contributed by atoms with Crippen molar-refractivity contribution in [3.63, 3.8) is 0 Å². The van der Waals surface area contributed by atoms with Gasteiger partial charge in [0.2, 0.25) is 0 Å². The lowest BCUT2D eigenvalue weighted by Crippen LogP contribution is -3.00. The number of halogens is 1. The van der Waals surface area contributed by atoms with Crippen LogP contribution in [-0.2, 0) is 6.42 Å². The number of rotatable bonds is 2. The SMILES string of the molecule is C=CC[N+]1(C)CCCc2ccccc21.[Br-]. The molecule has 0 fully saturated rings. The van der Waals surface area contributed by atoms with E-state index in [0.29, 0.717) is 0 Å². The third-order valence-electron chi connectivity index (χ3n) is 3.20. The highest BCUT2D eigenvalue weighted by Crippen LogP contribution is 2.31. The van der Waals surface area contributed by atoms with Crippen molar-refractivity contribution in [3.8, 4) is 0 Å². The van der Waals surface area contributed by atoms with Crippen molar-refractivity contribution in [2.45, 2.75) is 12.8 Å². The first-order valence-corrected chi connectivity index (χ1v) is 5.30. The molecule has 1 heterocycles. The van der Waals surface area contributed by atoms with Crippen LogP contribution in [0.4, 0.5) is 5.69 Å². The van der Waals surface area contributed by atoms with E-state index in [1.54, 1.807) is 0 Å². The van der Waals surface area contributed by atoms with Gasteiger partial charge in [0.15, 0.2) is 0 Å². The maximum Gasteiger partial charge on any atom is 0.136 e. The molecule has 1 aromatic rings. The fourth-order valence-corrected chi connectivity index (χ4v) is 2.46. The fourth-order valence-electron chi connectivity index (χ4n) is 2.46. The van der Waals surface area contributed by atoms with Crippen LogP contribution in [-0.4, -0.2) is 20.1 Å². The molecule has 0 aromatic heterocycles. The van der Waals surface area contributed by atoms with Gasteiger partial charge in [-0.2, -0.15) is 0 Å². The van der Waals surface area contributed by atoms with Crippen LogP contribution in [0.5, 0.6) is 0 Å². The molecule has 15 heavy (non-hydrogen) atoms. The molecular formula is C13H18BrN. The fraction of sp³-hybridized carbons (Fsp3) is 0.385. The van der Waals surface area contributed by atoms with E-state index >= 15 is 0 Å². The number of nitrogens with zero attached hydrogens (tertiary/aromatic N) is 1. The molecule has 0 amide bonds. The zero-order valence-electron chi connectivity index (χ0n) is 9.25.